The molecular formula is C43H60O10Si2. The second kappa shape index (κ2) is 13.8. The van der Waals surface area contributed by atoms with E-state index in [1.807, 2.05) is 51.1 Å². The van der Waals surface area contributed by atoms with Gasteiger partial charge in [-0.3, -0.25) is 9.59 Å². The quantitative estimate of drug-likeness (QED) is 0.179. The number of carbonyl (C=O) groups is 3. The molecule has 2 saturated carbocycles. The van der Waals surface area contributed by atoms with Crippen LogP contribution in [0.5, 0.6) is 0 Å². The highest BCUT2D eigenvalue weighted by molar-refractivity contribution is 6.84. The van der Waals surface area contributed by atoms with Crippen molar-refractivity contribution in [2.45, 2.75) is 141 Å². The molecule has 6 rings (SSSR count). The van der Waals surface area contributed by atoms with Crippen LogP contribution in [0.4, 0.5) is 0 Å². The third kappa shape index (κ3) is 6.53. The average molecular weight is 793 g/mol. The van der Waals surface area contributed by atoms with Crippen molar-refractivity contribution < 1.29 is 47.7 Å². The van der Waals surface area contributed by atoms with Crippen LogP contribution in [0, 0.1) is 16.7 Å². The Morgan fingerprint density at radius 2 is 1.51 bits per heavy atom. The number of hydrogen-bond acceptors (Lipinski definition) is 10. The van der Waals surface area contributed by atoms with Crippen LogP contribution in [-0.2, 0) is 32.7 Å². The summed E-state index contributed by atoms with van der Waals surface area (Å²) in [5.41, 5.74) is -5.15. The zero-order valence-electron chi connectivity index (χ0n) is 34.5. The summed E-state index contributed by atoms with van der Waals surface area (Å²) >= 11 is 0. The predicted molar refractivity (Wildman–Crippen MR) is 214 cm³/mol. The number of aliphatic hydroxyl groups excluding tert-OH is 1. The number of ether oxygens (including phenoxy) is 3. The van der Waals surface area contributed by atoms with E-state index in [1.54, 1.807) is 37.3 Å². The zero-order chi connectivity index (χ0) is 40.7. The molecule has 1 aliphatic heterocycles. The minimum Gasteiger partial charge on any atom is -0.455 e. The van der Waals surface area contributed by atoms with Crippen LogP contribution < -0.4 is 5.19 Å². The van der Waals surface area contributed by atoms with Gasteiger partial charge < -0.3 is 33.3 Å². The molecule has 0 amide bonds. The lowest BCUT2D eigenvalue weighted by atomic mass is 9.44. The van der Waals surface area contributed by atoms with Gasteiger partial charge in [-0.1, -0.05) is 83.1 Å². The van der Waals surface area contributed by atoms with E-state index in [9.17, 15) is 19.8 Å². The van der Waals surface area contributed by atoms with Crippen molar-refractivity contribution in [3.8, 4) is 0 Å². The SMILES string of the molecule is CC(=O)O[C@@]12CO[C@@H]1C[C@H](O[Si](C)(C)c1ccccc1)[C@@]1(C)C(=O)C(O[Si](C)(C)C(C)(C)C)C3=C(C)[C@@H](O)C[C@@](O)([C@@H](OC(=O)c4ccccc4)C12)C3(C)C. The largest absolute Gasteiger partial charge is 0.455 e. The molecule has 2 unspecified atom stereocenters. The van der Waals surface area contributed by atoms with E-state index in [1.165, 1.54) is 6.92 Å². The third-order valence-corrected chi connectivity index (χ3v) is 21.1. The van der Waals surface area contributed by atoms with Gasteiger partial charge in [-0.05, 0) is 73.5 Å². The second-order valence-corrected chi connectivity index (χ2v) is 27.6. The summed E-state index contributed by atoms with van der Waals surface area (Å²) in [4.78, 5) is 43.9. The van der Waals surface area contributed by atoms with E-state index < -0.39 is 87.0 Å². The first kappa shape index (κ1) is 41.7. The van der Waals surface area contributed by atoms with Crippen LogP contribution in [0.15, 0.2) is 71.8 Å². The predicted octanol–water partition coefficient (Wildman–Crippen LogP) is 6.25. The summed E-state index contributed by atoms with van der Waals surface area (Å²) in [7, 11) is -5.58. The maximum atomic E-state index is 16.4. The van der Waals surface area contributed by atoms with Crippen LogP contribution in [0.1, 0.15) is 78.6 Å². The van der Waals surface area contributed by atoms with Crippen molar-refractivity contribution in [1.82, 2.24) is 0 Å². The number of benzene rings is 2. The minimum atomic E-state index is -2.81. The van der Waals surface area contributed by atoms with Gasteiger partial charge in [0.25, 0.3) is 0 Å². The molecule has 4 aliphatic rings. The molecule has 0 aromatic heterocycles. The lowest BCUT2D eigenvalue weighted by Gasteiger charge is -2.68. The number of esters is 2. The van der Waals surface area contributed by atoms with Crippen LogP contribution in [-0.4, -0.2) is 92.9 Å². The first-order valence-corrected chi connectivity index (χ1v) is 25.3. The molecule has 300 valence electrons. The van der Waals surface area contributed by atoms with Crippen LogP contribution >= 0.6 is 0 Å². The van der Waals surface area contributed by atoms with Gasteiger partial charge in [-0.25, -0.2) is 4.79 Å². The molecule has 3 fully saturated rings. The Morgan fingerprint density at radius 1 is 0.927 bits per heavy atom. The number of aliphatic hydroxyl groups is 2. The molecule has 2 N–H and O–H groups in total. The number of hydrogen-bond donors (Lipinski definition) is 2. The first-order chi connectivity index (χ1) is 25.3. The third-order valence-electron chi connectivity index (χ3n) is 14.0. The van der Waals surface area contributed by atoms with Crippen LogP contribution in [0.2, 0.25) is 31.2 Å². The zero-order valence-corrected chi connectivity index (χ0v) is 36.5. The number of fused-ring (bicyclic) bond motifs is 5. The van der Waals surface area contributed by atoms with Crippen molar-refractivity contribution in [3.05, 3.63) is 77.4 Å². The first-order valence-electron chi connectivity index (χ1n) is 19.5. The minimum absolute atomic E-state index is 0.0923. The Hall–Kier alpha value is -2.98. The molecule has 0 radical (unpaired) electrons. The molecule has 9 atom stereocenters. The Morgan fingerprint density at radius 3 is 2.04 bits per heavy atom. The van der Waals surface area contributed by atoms with E-state index in [0.29, 0.717) is 11.1 Å². The van der Waals surface area contributed by atoms with Crippen LogP contribution in [0.3, 0.4) is 0 Å². The second-order valence-electron chi connectivity index (χ2n) is 19.0. The van der Waals surface area contributed by atoms with Crippen molar-refractivity contribution in [3.63, 3.8) is 0 Å². The van der Waals surface area contributed by atoms with E-state index in [-0.39, 0.29) is 35.8 Å². The van der Waals surface area contributed by atoms with Crippen molar-refractivity contribution in [1.29, 1.82) is 0 Å². The molecule has 2 aromatic rings. The van der Waals surface area contributed by atoms with Crippen LogP contribution in [0.25, 0.3) is 0 Å². The Kier molecular flexibility index (Phi) is 10.5. The smallest absolute Gasteiger partial charge is 0.338 e. The van der Waals surface area contributed by atoms with Gasteiger partial charge in [-0.15, -0.1) is 0 Å². The summed E-state index contributed by atoms with van der Waals surface area (Å²) in [6, 6.07) is 18.4. The summed E-state index contributed by atoms with van der Waals surface area (Å²) < 4.78 is 33.8. The lowest BCUT2D eigenvalue weighted by molar-refractivity contribution is -0.344. The number of carbonyl (C=O) groups excluding carboxylic acids is 3. The summed E-state index contributed by atoms with van der Waals surface area (Å²) in [5, 5.41) is 26.2. The van der Waals surface area contributed by atoms with Crippen molar-refractivity contribution >= 4 is 39.5 Å². The average Bonchev–Trinajstić information content (AvgIpc) is 3.09. The van der Waals surface area contributed by atoms with E-state index in [2.05, 4.69) is 47.0 Å². The monoisotopic (exact) mass is 792 g/mol. The maximum absolute atomic E-state index is 16.4. The Bertz CT molecular complexity index is 1850. The van der Waals surface area contributed by atoms with Gasteiger partial charge in [0.15, 0.2) is 19.7 Å². The lowest BCUT2D eigenvalue weighted by Crippen LogP contribution is -2.82. The summed E-state index contributed by atoms with van der Waals surface area (Å²) in [5.74, 6) is -2.85. The van der Waals surface area contributed by atoms with Gasteiger partial charge >= 0.3 is 11.9 Å². The van der Waals surface area contributed by atoms with E-state index in [4.69, 9.17) is 23.1 Å². The number of Topliss-reactive ketones (excluding diaryl/α,β-unsaturated/α-hetero) is 1. The summed E-state index contributed by atoms with van der Waals surface area (Å²) in [6.07, 6.45) is -5.52. The highest BCUT2D eigenvalue weighted by Gasteiger charge is 2.78. The van der Waals surface area contributed by atoms with E-state index >= 15 is 4.79 Å². The van der Waals surface area contributed by atoms with E-state index in [0.717, 1.165) is 5.19 Å². The molecule has 2 aromatic carbocycles. The molecule has 12 heteroatoms. The Labute approximate surface area is 328 Å². The highest BCUT2D eigenvalue weighted by Crippen LogP contribution is 2.65. The van der Waals surface area contributed by atoms with Gasteiger partial charge in [-0.2, -0.15) is 0 Å². The van der Waals surface area contributed by atoms with Crippen molar-refractivity contribution in [2.24, 2.45) is 16.7 Å². The Balaban J connectivity index is 1.69. The molecule has 1 saturated heterocycles. The molecule has 1 heterocycles. The molecule has 0 spiro atoms. The molecule has 10 nitrogen and oxygen atoms in total. The molecule has 2 bridgehead atoms. The fraction of sp³-hybridized carbons (Fsp3) is 0.605. The van der Waals surface area contributed by atoms with Crippen molar-refractivity contribution in [2.75, 3.05) is 6.61 Å². The number of rotatable bonds is 8. The molecular weight excluding hydrogens is 733 g/mol. The van der Waals surface area contributed by atoms with Gasteiger partial charge in [0.1, 0.15) is 23.9 Å². The summed E-state index contributed by atoms with van der Waals surface area (Å²) in [6.45, 7) is 23.1. The fourth-order valence-corrected chi connectivity index (χ4v) is 13.0. The van der Waals surface area contributed by atoms with Gasteiger partial charge in [0, 0.05) is 25.2 Å². The highest BCUT2D eigenvalue weighted by atomic mass is 28.4. The standard InChI is InChI=1S/C43H60O10Si2/c1-26-30(45)24-43(48)37(50-38(47)28-19-15-13-16-20-28)35-41(8,36(46)34(33(26)40(43,6)7)53-55(11,12)39(3,4)5)31(23-32-42(35,25-49-32)51-27(2)44)52-54(9,10)29-21-17-14-18-22-29/h13-22,30-32,34-35,37,45,48H,23-25H2,1-12H3/t30-,31-,32+,34?,35?,37-,41+,42-,43+/m0/s1. The number of ketones is 1. The molecule has 3 aliphatic carbocycles. The van der Waals surface area contributed by atoms with Gasteiger partial charge in [0.05, 0.1) is 35.7 Å². The topological polar surface area (TPSA) is 138 Å². The normalized spacial score (nSPS) is 34.7. The fourth-order valence-electron chi connectivity index (χ4n) is 9.62. The maximum Gasteiger partial charge on any atom is 0.338 e. The van der Waals surface area contributed by atoms with Gasteiger partial charge in [0.2, 0.25) is 8.32 Å². The molecule has 55 heavy (non-hydrogen) atoms.